The zero-order chi connectivity index (χ0) is 16.9. The Morgan fingerprint density at radius 3 is 2.88 bits per heavy atom. The van der Waals surface area contributed by atoms with Crippen LogP contribution in [0.3, 0.4) is 0 Å². The third kappa shape index (κ3) is 4.12. The van der Waals surface area contributed by atoms with Gasteiger partial charge in [0.2, 0.25) is 11.9 Å². The van der Waals surface area contributed by atoms with E-state index in [0.717, 1.165) is 29.4 Å². The Morgan fingerprint density at radius 2 is 2.12 bits per heavy atom. The van der Waals surface area contributed by atoms with E-state index in [4.69, 9.17) is 0 Å². The van der Waals surface area contributed by atoms with Gasteiger partial charge < -0.3 is 10.2 Å². The molecule has 1 aliphatic heterocycles. The van der Waals surface area contributed by atoms with E-state index in [2.05, 4.69) is 36.1 Å². The molecule has 0 radical (unpaired) electrons. The average molecular weight is 389 g/mol. The van der Waals surface area contributed by atoms with Gasteiger partial charge in [-0.1, -0.05) is 28.1 Å². The van der Waals surface area contributed by atoms with Crippen molar-refractivity contribution in [2.45, 2.75) is 25.8 Å². The minimum atomic E-state index is -0.0304. The van der Waals surface area contributed by atoms with Crippen LogP contribution in [0.1, 0.15) is 31.4 Å². The highest BCUT2D eigenvalue weighted by Crippen LogP contribution is 2.22. The predicted octanol–water partition coefficient (Wildman–Crippen LogP) is 3.33. The Bertz CT molecular complexity index is 694. The molecule has 24 heavy (non-hydrogen) atoms. The Morgan fingerprint density at radius 1 is 1.33 bits per heavy atom. The minimum Gasteiger partial charge on any atom is -0.349 e. The smallest absolute Gasteiger partial charge is 0.225 e. The number of nitrogens with one attached hydrogen (secondary N) is 1. The van der Waals surface area contributed by atoms with Gasteiger partial charge in [0.05, 0.1) is 12.0 Å². The Labute approximate surface area is 150 Å². The SMILES string of the molecule is CC(NC(=O)C1CCCN(c2ncccn2)C1)c1cccc(Br)c1. The van der Waals surface area contributed by atoms with Crippen molar-refractivity contribution in [1.82, 2.24) is 15.3 Å². The van der Waals surface area contributed by atoms with E-state index in [-0.39, 0.29) is 17.9 Å². The Kier molecular flexibility index (Phi) is 5.45. The van der Waals surface area contributed by atoms with Crippen molar-refractivity contribution in [3.63, 3.8) is 0 Å². The summed E-state index contributed by atoms with van der Waals surface area (Å²) in [5, 5.41) is 3.14. The average Bonchev–Trinajstić information content (AvgIpc) is 2.62. The molecule has 6 heteroatoms. The first-order chi connectivity index (χ1) is 11.6. The molecule has 0 saturated carbocycles. The zero-order valence-corrected chi connectivity index (χ0v) is 15.2. The van der Waals surface area contributed by atoms with Gasteiger partial charge in [-0.2, -0.15) is 0 Å². The lowest BCUT2D eigenvalue weighted by atomic mass is 9.96. The molecule has 2 unspecified atom stereocenters. The number of halogens is 1. The number of hydrogen-bond acceptors (Lipinski definition) is 4. The molecular formula is C18H21BrN4O. The van der Waals surface area contributed by atoms with Gasteiger partial charge in [0.25, 0.3) is 0 Å². The van der Waals surface area contributed by atoms with E-state index in [1.54, 1.807) is 18.5 Å². The van der Waals surface area contributed by atoms with Crippen LogP contribution in [-0.4, -0.2) is 29.0 Å². The van der Waals surface area contributed by atoms with Crippen LogP contribution >= 0.6 is 15.9 Å². The van der Waals surface area contributed by atoms with Gasteiger partial charge in [-0.3, -0.25) is 4.79 Å². The van der Waals surface area contributed by atoms with E-state index in [1.165, 1.54) is 0 Å². The fourth-order valence-corrected chi connectivity index (χ4v) is 3.43. The number of amides is 1. The predicted molar refractivity (Wildman–Crippen MR) is 97.7 cm³/mol. The summed E-state index contributed by atoms with van der Waals surface area (Å²) in [6, 6.07) is 9.82. The Hall–Kier alpha value is -1.95. The number of hydrogen-bond donors (Lipinski definition) is 1. The summed E-state index contributed by atoms with van der Waals surface area (Å²) in [6.45, 7) is 3.58. The van der Waals surface area contributed by atoms with Crippen LogP contribution in [0.4, 0.5) is 5.95 Å². The number of rotatable bonds is 4. The number of nitrogens with zero attached hydrogens (tertiary/aromatic N) is 3. The molecule has 0 spiro atoms. The molecule has 0 bridgehead atoms. The van der Waals surface area contributed by atoms with Gasteiger partial charge in [-0.25, -0.2) is 9.97 Å². The van der Waals surface area contributed by atoms with Crippen LogP contribution in [0.5, 0.6) is 0 Å². The van der Waals surface area contributed by atoms with Crippen LogP contribution in [0.25, 0.3) is 0 Å². The number of piperidine rings is 1. The van der Waals surface area contributed by atoms with E-state index in [0.29, 0.717) is 12.5 Å². The molecule has 0 aliphatic carbocycles. The van der Waals surface area contributed by atoms with E-state index < -0.39 is 0 Å². The summed E-state index contributed by atoms with van der Waals surface area (Å²) in [6.07, 6.45) is 5.35. The standard InChI is InChI=1S/C18H21BrN4O/c1-13(14-5-2-7-16(19)11-14)22-17(24)15-6-3-10-23(12-15)18-20-8-4-9-21-18/h2,4-5,7-9,11,13,15H,3,6,10,12H2,1H3,(H,22,24). The maximum atomic E-state index is 12.7. The number of benzene rings is 1. The zero-order valence-electron chi connectivity index (χ0n) is 13.7. The van der Waals surface area contributed by atoms with Crippen LogP contribution < -0.4 is 10.2 Å². The van der Waals surface area contributed by atoms with Gasteiger partial charge in [-0.05, 0) is 43.5 Å². The van der Waals surface area contributed by atoms with Gasteiger partial charge in [0, 0.05) is 30.0 Å². The lowest BCUT2D eigenvalue weighted by Gasteiger charge is -2.32. The summed E-state index contributed by atoms with van der Waals surface area (Å²) < 4.78 is 1.02. The van der Waals surface area contributed by atoms with Crippen molar-refractivity contribution in [1.29, 1.82) is 0 Å². The van der Waals surface area contributed by atoms with Crippen LogP contribution in [0, 0.1) is 5.92 Å². The normalized spacial score (nSPS) is 18.9. The van der Waals surface area contributed by atoms with Crippen LogP contribution in [0.15, 0.2) is 47.2 Å². The van der Waals surface area contributed by atoms with E-state index >= 15 is 0 Å². The molecule has 2 atom stereocenters. The molecular weight excluding hydrogens is 368 g/mol. The number of aromatic nitrogens is 2. The topological polar surface area (TPSA) is 58.1 Å². The van der Waals surface area contributed by atoms with Crippen LogP contribution in [0.2, 0.25) is 0 Å². The summed E-state index contributed by atoms with van der Waals surface area (Å²) in [5.41, 5.74) is 1.09. The highest BCUT2D eigenvalue weighted by Gasteiger charge is 2.27. The molecule has 2 heterocycles. The van der Waals surface area contributed by atoms with Gasteiger partial charge in [0.15, 0.2) is 0 Å². The summed E-state index contributed by atoms with van der Waals surface area (Å²) >= 11 is 3.47. The molecule has 3 rings (SSSR count). The molecule has 1 saturated heterocycles. The maximum absolute atomic E-state index is 12.7. The van der Waals surface area contributed by atoms with Gasteiger partial charge in [0.1, 0.15) is 0 Å². The molecule has 1 fully saturated rings. The Balaban J connectivity index is 1.62. The lowest BCUT2D eigenvalue weighted by molar-refractivity contribution is -0.125. The van der Waals surface area contributed by atoms with Gasteiger partial charge >= 0.3 is 0 Å². The van der Waals surface area contributed by atoms with Crippen molar-refractivity contribution in [3.8, 4) is 0 Å². The van der Waals surface area contributed by atoms with Gasteiger partial charge in [-0.15, -0.1) is 0 Å². The van der Waals surface area contributed by atoms with Crippen molar-refractivity contribution in [2.24, 2.45) is 5.92 Å². The number of carbonyl (C=O) groups excluding carboxylic acids is 1. The molecule has 1 aromatic carbocycles. The second-order valence-electron chi connectivity index (χ2n) is 6.12. The fraction of sp³-hybridized carbons (Fsp3) is 0.389. The van der Waals surface area contributed by atoms with Crippen molar-refractivity contribution in [2.75, 3.05) is 18.0 Å². The fourth-order valence-electron chi connectivity index (χ4n) is 3.02. The monoisotopic (exact) mass is 388 g/mol. The molecule has 1 amide bonds. The van der Waals surface area contributed by atoms with Crippen molar-refractivity contribution in [3.05, 3.63) is 52.8 Å². The number of carbonyl (C=O) groups is 1. The molecule has 1 aliphatic rings. The lowest BCUT2D eigenvalue weighted by Crippen LogP contribution is -2.44. The highest BCUT2D eigenvalue weighted by atomic mass is 79.9. The second kappa shape index (κ2) is 7.75. The molecule has 126 valence electrons. The summed E-state index contributed by atoms with van der Waals surface area (Å²) in [4.78, 5) is 23.3. The first-order valence-electron chi connectivity index (χ1n) is 8.21. The molecule has 1 aromatic heterocycles. The van der Waals surface area contributed by atoms with Crippen LogP contribution in [-0.2, 0) is 4.79 Å². The molecule has 5 nitrogen and oxygen atoms in total. The highest BCUT2D eigenvalue weighted by molar-refractivity contribution is 9.10. The third-order valence-electron chi connectivity index (χ3n) is 4.33. The second-order valence-corrected chi connectivity index (χ2v) is 7.03. The van der Waals surface area contributed by atoms with Crippen molar-refractivity contribution >= 4 is 27.8 Å². The number of anilines is 1. The van der Waals surface area contributed by atoms with Crippen molar-refractivity contribution < 1.29 is 4.79 Å². The molecule has 2 aromatic rings. The first-order valence-corrected chi connectivity index (χ1v) is 9.00. The third-order valence-corrected chi connectivity index (χ3v) is 4.83. The quantitative estimate of drug-likeness (QED) is 0.872. The minimum absolute atomic E-state index is 0.0154. The summed E-state index contributed by atoms with van der Waals surface area (Å²) in [5.74, 6) is 0.773. The molecule has 1 N–H and O–H groups in total. The van der Waals surface area contributed by atoms with E-state index in [9.17, 15) is 4.79 Å². The maximum Gasteiger partial charge on any atom is 0.225 e. The van der Waals surface area contributed by atoms with E-state index in [1.807, 2.05) is 31.2 Å². The summed E-state index contributed by atoms with van der Waals surface area (Å²) in [7, 11) is 0. The largest absolute Gasteiger partial charge is 0.349 e. The first kappa shape index (κ1) is 16.9.